The van der Waals surface area contributed by atoms with Crippen molar-refractivity contribution < 1.29 is 9.53 Å². The molecule has 1 aromatic heterocycles. The molecule has 1 N–H and O–H groups in total. The molecule has 30 heavy (non-hydrogen) atoms. The van der Waals surface area contributed by atoms with Crippen molar-refractivity contribution >= 4 is 23.4 Å². The first-order chi connectivity index (χ1) is 14.8. The Kier molecular flexibility index (Phi) is 6.63. The van der Waals surface area contributed by atoms with E-state index in [1.807, 2.05) is 66.2 Å². The van der Waals surface area contributed by atoms with Crippen LogP contribution in [0.1, 0.15) is 49.5 Å². The van der Waals surface area contributed by atoms with Crippen LogP contribution in [0.5, 0.6) is 5.75 Å². The van der Waals surface area contributed by atoms with E-state index in [0.29, 0.717) is 29.2 Å². The number of hydrogen-bond acceptors (Lipinski definition) is 6. The van der Waals surface area contributed by atoms with E-state index < -0.39 is 5.25 Å². The average Bonchev–Trinajstić information content (AvgIpc) is 3.46. The van der Waals surface area contributed by atoms with Crippen LogP contribution in [0.4, 0.5) is 5.69 Å². The number of para-hydroxylation sites is 2. The van der Waals surface area contributed by atoms with Crippen LogP contribution in [0.3, 0.4) is 0 Å². The maximum Gasteiger partial charge on any atom is 0.242 e. The third-order valence-electron chi connectivity index (χ3n) is 5.14. The molecular formula is C22H25N5O2S. The van der Waals surface area contributed by atoms with Crippen molar-refractivity contribution in [2.24, 2.45) is 0 Å². The molecule has 0 bridgehead atoms. The second-order valence-corrected chi connectivity index (χ2v) is 8.24. The number of carbonyl (C=O) groups excluding carboxylic acids is 1. The van der Waals surface area contributed by atoms with Crippen LogP contribution in [-0.2, 0) is 4.79 Å². The Morgan fingerprint density at radius 3 is 2.67 bits per heavy atom. The molecule has 4 rings (SSSR count). The summed E-state index contributed by atoms with van der Waals surface area (Å²) in [5, 5.41) is 15.5. The molecule has 1 aliphatic rings. The second kappa shape index (κ2) is 9.75. The zero-order valence-corrected chi connectivity index (χ0v) is 17.7. The van der Waals surface area contributed by atoms with Gasteiger partial charge in [0.1, 0.15) is 11.0 Å². The fraction of sp³-hybridized carbons (Fsp3) is 0.364. The molecule has 1 saturated carbocycles. The molecule has 156 valence electrons. The van der Waals surface area contributed by atoms with Crippen molar-refractivity contribution in [3.05, 3.63) is 60.2 Å². The van der Waals surface area contributed by atoms with Gasteiger partial charge in [0.05, 0.1) is 18.3 Å². The number of aromatic nitrogens is 4. The number of nitrogens with zero attached hydrogens (tertiary/aromatic N) is 4. The Morgan fingerprint density at radius 1 is 1.17 bits per heavy atom. The lowest BCUT2D eigenvalue weighted by Gasteiger charge is -2.19. The molecule has 1 heterocycles. The number of amides is 1. The summed E-state index contributed by atoms with van der Waals surface area (Å²) >= 11 is 1.38. The summed E-state index contributed by atoms with van der Waals surface area (Å²) in [6.45, 7) is 2.45. The van der Waals surface area contributed by atoms with Crippen molar-refractivity contribution in [1.29, 1.82) is 0 Å². The Labute approximate surface area is 180 Å². The number of nitrogens with one attached hydrogen (secondary N) is 1. The quantitative estimate of drug-likeness (QED) is 0.531. The Bertz CT molecular complexity index is 972. The monoisotopic (exact) mass is 423 g/mol. The van der Waals surface area contributed by atoms with Crippen molar-refractivity contribution in [2.75, 3.05) is 11.9 Å². The summed E-state index contributed by atoms with van der Waals surface area (Å²) < 4.78 is 7.54. The van der Waals surface area contributed by atoms with Crippen molar-refractivity contribution in [1.82, 2.24) is 20.2 Å². The first-order valence-electron chi connectivity index (χ1n) is 10.3. The highest BCUT2D eigenvalue weighted by atomic mass is 32.2. The molecule has 1 atom stereocenters. The first kappa shape index (κ1) is 20.4. The molecule has 1 unspecified atom stereocenters. The smallest absolute Gasteiger partial charge is 0.242 e. The highest BCUT2D eigenvalue weighted by Crippen LogP contribution is 2.38. The molecule has 0 spiro atoms. The van der Waals surface area contributed by atoms with Gasteiger partial charge in [-0.2, -0.15) is 0 Å². The van der Waals surface area contributed by atoms with Gasteiger partial charge in [0.15, 0.2) is 0 Å². The van der Waals surface area contributed by atoms with Crippen LogP contribution in [0.15, 0.2) is 59.8 Å². The third kappa shape index (κ3) is 4.64. The third-order valence-corrected chi connectivity index (χ3v) is 6.34. The number of benzene rings is 2. The lowest BCUT2D eigenvalue weighted by atomic mass is 10.1. The van der Waals surface area contributed by atoms with Crippen molar-refractivity contribution in [3.63, 3.8) is 0 Å². The van der Waals surface area contributed by atoms with E-state index in [1.54, 1.807) is 0 Å². The van der Waals surface area contributed by atoms with E-state index in [9.17, 15) is 4.79 Å². The lowest BCUT2D eigenvalue weighted by molar-refractivity contribution is -0.115. The van der Waals surface area contributed by atoms with Crippen LogP contribution in [-0.4, -0.2) is 32.7 Å². The van der Waals surface area contributed by atoms with E-state index in [0.717, 1.165) is 18.4 Å². The molecule has 0 saturated heterocycles. The normalized spacial score (nSPS) is 15.1. The van der Waals surface area contributed by atoms with Crippen molar-refractivity contribution in [3.8, 4) is 5.75 Å². The Morgan fingerprint density at radius 2 is 1.90 bits per heavy atom. The molecular weight excluding hydrogens is 398 g/mol. The van der Waals surface area contributed by atoms with Gasteiger partial charge in [-0.1, -0.05) is 67.1 Å². The number of rotatable bonds is 8. The molecule has 1 fully saturated rings. The van der Waals surface area contributed by atoms with E-state index >= 15 is 0 Å². The number of tetrazole rings is 1. The SMILES string of the molecule is CCOc1ccccc1NC(=O)C(Sc1nnnn1C1CCCC1)c1ccccc1. The van der Waals surface area contributed by atoms with Crippen LogP contribution in [0, 0.1) is 0 Å². The Hall–Kier alpha value is -2.87. The predicted octanol–water partition coefficient (Wildman–Crippen LogP) is 4.66. The number of hydrogen-bond donors (Lipinski definition) is 1. The zero-order valence-electron chi connectivity index (χ0n) is 16.9. The molecule has 1 amide bonds. The first-order valence-corrected chi connectivity index (χ1v) is 11.2. The van der Waals surface area contributed by atoms with Gasteiger partial charge in [0, 0.05) is 0 Å². The van der Waals surface area contributed by atoms with Crippen LogP contribution in [0.25, 0.3) is 0 Å². The molecule has 1 aliphatic carbocycles. The molecule has 0 aliphatic heterocycles. The number of carbonyl (C=O) groups is 1. The standard InChI is InChI=1S/C22H25N5O2S/c1-2-29-19-15-9-8-14-18(19)23-21(28)20(16-10-4-3-5-11-16)30-22-24-25-26-27(22)17-12-6-7-13-17/h3-5,8-11,14-15,17,20H,2,6-7,12-13H2,1H3,(H,23,28). The molecule has 7 nitrogen and oxygen atoms in total. The van der Waals surface area contributed by atoms with Gasteiger partial charge < -0.3 is 10.1 Å². The number of ether oxygens (including phenoxy) is 1. The Balaban J connectivity index is 1.60. The van der Waals surface area contributed by atoms with E-state index in [1.165, 1.54) is 24.6 Å². The van der Waals surface area contributed by atoms with Gasteiger partial charge in [-0.3, -0.25) is 4.79 Å². The topological polar surface area (TPSA) is 81.9 Å². The lowest BCUT2D eigenvalue weighted by Crippen LogP contribution is -2.20. The largest absolute Gasteiger partial charge is 0.492 e. The maximum absolute atomic E-state index is 13.4. The molecule has 0 radical (unpaired) electrons. The van der Waals surface area contributed by atoms with Crippen LogP contribution >= 0.6 is 11.8 Å². The minimum atomic E-state index is -0.493. The van der Waals surface area contributed by atoms with Gasteiger partial charge in [-0.05, 0) is 47.9 Å². The summed E-state index contributed by atoms with van der Waals surface area (Å²) in [4.78, 5) is 13.4. The number of anilines is 1. The van der Waals surface area contributed by atoms with Gasteiger partial charge in [-0.15, -0.1) is 5.10 Å². The van der Waals surface area contributed by atoms with Crippen LogP contribution < -0.4 is 10.1 Å². The fourth-order valence-electron chi connectivity index (χ4n) is 3.70. The summed E-state index contributed by atoms with van der Waals surface area (Å²) in [6, 6.07) is 17.5. The highest BCUT2D eigenvalue weighted by Gasteiger charge is 2.28. The van der Waals surface area contributed by atoms with Gasteiger partial charge >= 0.3 is 0 Å². The van der Waals surface area contributed by atoms with E-state index in [4.69, 9.17) is 4.74 Å². The van der Waals surface area contributed by atoms with Crippen LogP contribution in [0.2, 0.25) is 0 Å². The minimum absolute atomic E-state index is 0.140. The molecule has 2 aromatic carbocycles. The minimum Gasteiger partial charge on any atom is -0.492 e. The molecule has 3 aromatic rings. The fourth-order valence-corrected chi connectivity index (χ4v) is 4.74. The predicted molar refractivity (Wildman–Crippen MR) is 117 cm³/mol. The van der Waals surface area contributed by atoms with E-state index in [2.05, 4.69) is 20.8 Å². The zero-order chi connectivity index (χ0) is 20.8. The van der Waals surface area contributed by atoms with Gasteiger partial charge in [0.2, 0.25) is 11.1 Å². The summed E-state index contributed by atoms with van der Waals surface area (Å²) in [7, 11) is 0. The highest BCUT2D eigenvalue weighted by molar-refractivity contribution is 8.00. The summed E-state index contributed by atoms with van der Waals surface area (Å²) in [5.41, 5.74) is 1.55. The average molecular weight is 424 g/mol. The molecule has 8 heteroatoms. The van der Waals surface area contributed by atoms with Gasteiger partial charge in [0.25, 0.3) is 0 Å². The maximum atomic E-state index is 13.4. The summed E-state index contributed by atoms with van der Waals surface area (Å²) in [5.74, 6) is 0.514. The van der Waals surface area contributed by atoms with E-state index in [-0.39, 0.29) is 5.91 Å². The second-order valence-electron chi connectivity index (χ2n) is 7.17. The summed E-state index contributed by atoms with van der Waals surface area (Å²) in [6.07, 6.45) is 4.52. The number of thioether (sulfide) groups is 1. The van der Waals surface area contributed by atoms with Gasteiger partial charge in [-0.25, -0.2) is 4.68 Å². The van der Waals surface area contributed by atoms with Crippen molar-refractivity contribution in [2.45, 2.75) is 49.1 Å².